The molecule has 0 unspecified atom stereocenters. The monoisotopic (exact) mass is 1130 g/mol. The fraction of sp³-hybridized carbons (Fsp3) is 0.759. The van der Waals surface area contributed by atoms with Crippen molar-refractivity contribution in [3.8, 4) is 0 Å². The summed E-state index contributed by atoms with van der Waals surface area (Å²) < 4.78 is 0. The first-order valence-electron chi connectivity index (χ1n) is 29.6. The highest BCUT2D eigenvalue weighted by atomic mass is 35.5. The Morgan fingerprint density at radius 2 is 0.795 bits per heavy atom. The van der Waals surface area contributed by atoms with Crippen LogP contribution < -0.4 is 42.5 Å². The molecule has 6 fully saturated rings. The van der Waals surface area contributed by atoms with E-state index in [1.807, 2.05) is 0 Å². The number of nitrogens with zero attached hydrogens (tertiary/aromatic N) is 2. The predicted octanol–water partition coefficient (Wildman–Crippen LogP) is 5.45. The molecule has 438 valence electrons. The lowest BCUT2D eigenvalue weighted by atomic mass is 9.83. The number of amides is 8. The third-order valence-electron chi connectivity index (χ3n) is 18.1. The van der Waals surface area contributed by atoms with Gasteiger partial charge in [0.25, 0.3) is 11.8 Å². The number of nitrogens with one attached hydrogen (secondary N) is 8. The number of likely N-dealkylation sites (tertiary alicyclic amines) is 2. The van der Waals surface area contributed by atoms with E-state index in [2.05, 4.69) is 42.5 Å². The SMILES string of the molecule is CN[C@@H](C)C(=O)N[C@H](C(=O)N1CCC[C@H]1C(=O)N[C@H](CNC(=O)c1cccc(C(=O)NC[C@@H](NC(=O)[C@@H]2CCCN2C(=O)[C@@H](NC(=O)[C@H](C)NC)C2CCCCC2)C2CCCCC2)c1)C1CCCCC1)C1CCCCC1.Cl.Cl. The smallest absolute Gasteiger partial charge is 0.251 e. The second-order valence-corrected chi connectivity index (χ2v) is 23.2. The van der Waals surface area contributed by atoms with Gasteiger partial charge in [0.15, 0.2) is 0 Å². The highest BCUT2D eigenvalue weighted by molar-refractivity contribution is 6.00. The average Bonchev–Trinajstić information content (AvgIpc) is 4.18. The van der Waals surface area contributed by atoms with E-state index in [0.29, 0.717) is 49.9 Å². The number of hydrogen-bond donors (Lipinski definition) is 8. The van der Waals surface area contributed by atoms with E-state index >= 15 is 0 Å². The molecule has 18 nitrogen and oxygen atoms in total. The summed E-state index contributed by atoms with van der Waals surface area (Å²) in [4.78, 5) is 115. The lowest BCUT2D eigenvalue weighted by Gasteiger charge is -2.36. The lowest BCUT2D eigenvalue weighted by Crippen LogP contribution is -2.59. The number of carbonyl (C=O) groups excluding carboxylic acids is 8. The van der Waals surface area contributed by atoms with Gasteiger partial charge in [0.1, 0.15) is 24.2 Å². The summed E-state index contributed by atoms with van der Waals surface area (Å²) in [5.74, 6) is -1.84. The zero-order valence-electron chi connectivity index (χ0n) is 47.0. The first-order chi connectivity index (χ1) is 36.8. The van der Waals surface area contributed by atoms with Crippen molar-refractivity contribution >= 4 is 72.1 Å². The van der Waals surface area contributed by atoms with Gasteiger partial charge in [-0.2, -0.15) is 0 Å². The molecule has 0 radical (unpaired) electrons. The van der Waals surface area contributed by atoms with Gasteiger partial charge in [-0.15, -0.1) is 24.8 Å². The van der Waals surface area contributed by atoms with E-state index in [1.165, 1.54) is 0 Å². The first kappa shape index (κ1) is 64.3. The van der Waals surface area contributed by atoms with Crippen LogP contribution in [0, 0.1) is 23.7 Å². The van der Waals surface area contributed by atoms with Gasteiger partial charge in [0.2, 0.25) is 35.4 Å². The molecule has 2 saturated heterocycles. The maximum absolute atomic E-state index is 14.4. The zero-order valence-corrected chi connectivity index (χ0v) is 48.6. The van der Waals surface area contributed by atoms with Crippen LogP contribution in [0.4, 0.5) is 0 Å². The second kappa shape index (κ2) is 32.1. The lowest BCUT2D eigenvalue weighted by molar-refractivity contribution is -0.143. The van der Waals surface area contributed by atoms with Crippen molar-refractivity contribution in [1.29, 1.82) is 0 Å². The van der Waals surface area contributed by atoms with E-state index in [1.54, 1.807) is 62.0 Å². The molecule has 2 heterocycles. The van der Waals surface area contributed by atoms with Crippen LogP contribution in [0.15, 0.2) is 24.3 Å². The quantitative estimate of drug-likeness (QED) is 0.0731. The van der Waals surface area contributed by atoms with E-state index in [4.69, 9.17) is 0 Å². The van der Waals surface area contributed by atoms with Crippen LogP contribution in [0.5, 0.6) is 0 Å². The van der Waals surface area contributed by atoms with Gasteiger partial charge >= 0.3 is 0 Å². The van der Waals surface area contributed by atoms with Crippen LogP contribution in [-0.4, -0.2) is 146 Å². The summed E-state index contributed by atoms with van der Waals surface area (Å²) in [5, 5.41) is 24.8. The number of hydrogen-bond acceptors (Lipinski definition) is 10. The van der Waals surface area contributed by atoms with E-state index in [0.717, 1.165) is 128 Å². The van der Waals surface area contributed by atoms with Gasteiger partial charge in [-0.3, -0.25) is 38.4 Å². The third-order valence-corrected chi connectivity index (χ3v) is 18.1. The Bertz CT molecular complexity index is 2010. The molecule has 7 rings (SSSR count). The van der Waals surface area contributed by atoms with Crippen molar-refractivity contribution in [1.82, 2.24) is 52.3 Å². The second-order valence-electron chi connectivity index (χ2n) is 23.2. The minimum absolute atomic E-state index is 0. The van der Waals surface area contributed by atoms with Crippen LogP contribution in [0.2, 0.25) is 0 Å². The number of carbonyl (C=O) groups is 8. The summed E-state index contributed by atoms with van der Waals surface area (Å²) in [5.41, 5.74) is 0.590. The maximum Gasteiger partial charge on any atom is 0.251 e. The molecule has 8 amide bonds. The number of benzene rings is 1. The highest BCUT2D eigenvalue weighted by Crippen LogP contribution is 2.33. The van der Waals surface area contributed by atoms with Gasteiger partial charge in [-0.1, -0.05) is 83.1 Å². The summed E-state index contributed by atoms with van der Waals surface area (Å²) in [7, 11) is 3.43. The molecule has 78 heavy (non-hydrogen) atoms. The summed E-state index contributed by atoms with van der Waals surface area (Å²) in [6.07, 6.45) is 21.9. The first-order valence-corrected chi connectivity index (χ1v) is 29.6. The molecule has 1 aromatic carbocycles. The average molecular weight is 1130 g/mol. The largest absolute Gasteiger partial charge is 0.350 e. The van der Waals surface area contributed by atoms with Crippen LogP contribution in [0.1, 0.15) is 189 Å². The number of rotatable bonds is 22. The Morgan fingerprint density at radius 3 is 1.13 bits per heavy atom. The van der Waals surface area contributed by atoms with Crippen molar-refractivity contribution in [2.24, 2.45) is 23.7 Å². The van der Waals surface area contributed by atoms with Crippen LogP contribution >= 0.6 is 24.8 Å². The third kappa shape index (κ3) is 17.2. The molecule has 0 bridgehead atoms. The molecule has 4 aliphatic carbocycles. The number of halogens is 2. The van der Waals surface area contributed by atoms with Gasteiger partial charge in [-0.25, -0.2) is 0 Å². The van der Waals surface area contributed by atoms with Crippen molar-refractivity contribution in [3.63, 3.8) is 0 Å². The standard InChI is InChI=1S/C58H92N10O8.2ClH/c1-37(59-3)51(69)65-49(41-24-13-7-14-25-41)57(75)67-32-18-30-47(67)55(73)63-45(39-20-9-5-10-21-39)35-61-53(71)43-28-17-29-44(34-43)54(72)62-36-46(40-22-11-6-12-23-40)64-56(74)48-31-19-33-68(48)58(76)50(42-26-15-8-16-27-42)66-52(70)38(2)60-4;;/h17,28-29,34,37-42,45-50,59-60H,5-16,18-27,30-33,35-36H2,1-4H3,(H,61,71)(H,62,72)(H,63,73)(H,64,74)(H,65,69)(H,66,70);2*1H/t37-,38-,45+,46+,47-,48-,49-,50-;;/m0../s1. The van der Waals surface area contributed by atoms with Gasteiger partial charge < -0.3 is 52.3 Å². The molecule has 2 aliphatic heterocycles. The fourth-order valence-corrected chi connectivity index (χ4v) is 13.2. The van der Waals surface area contributed by atoms with Gasteiger partial charge in [0, 0.05) is 49.4 Å². The Morgan fingerprint density at radius 1 is 0.462 bits per heavy atom. The minimum atomic E-state index is -0.700. The predicted molar refractivity (Wildman–Crippen MR) is 306 cm³/mol. The Kier molecular flexibility index (Phi) is 26.4. The molecular formula is C58H94Cl2N10O8. The molecule has 6 aliphatic rings. The van der Waals surface area contributed by atoms with Crippen LogP contribution in [-0.2, 0) is 28.8 Å². The Hall–Kier alpha value is -4.52. The summed E-state index contributed by atoms with van der Waals surface area (Å²) in [6, 6.07) is 2.10. The molecular weight excluding hydrogens is 1040 g/mol. The van der Waals surface area contributed by atoms with E-state index in [-0.39, 0.29) is 121 Å². The molecule has 8 atom stereocenters. The van der Waals surface area contributed by atoms with E-state index < -0.39 is 36.3 Å². The van der Waals surface area contributed by atoms with Crippen molar-refractivity contribution in [3.05, 3.63) is 35.4 Å². The van der Waals surface area contributed by atoms with Gasteiger partial charge in [0.05, 0.1) is 12.1 Å². The van der Waals surface area contributed by atoms with Gasteiger partial charge in [-0.05, 0) is 147 Å². The molecule has 1 aromatic rings. The molecule has 0 spiro atoms. The molecule has 8 N–H and O–H groups in total. The topological polar surface area (TPSA) is 239 Å². The Labute approximate surface area is 476 Å². The van der Waals surface area contributed by atoms with E-state index in [9.17, 15) is 38.4 Å². The van der Waals surface area contributed by atoms with Crippen LogP contribution in [0.3, 0.4) is 0 Å². The fourth-order valence-electron chi connectivity index (χ4n) is 13.2. The summed E-state index contributed by atoms with van der Waals surface area (Å²) >= 11 is 0. The highest BCUT2D eigenvalue weighted by Gasteiger charge is 2.44. The minimum Gasteiger partial charge on any atom is -0.350 e. The van der Waals surface area contributed by atoms with Crippen molar-refractivity contribution < 1.29 is 38.4 Å². The van der Waals surface area contributed by atoms with Crippen molar-refractivity contribution in [2.45, 2.75) is 216 Å². The summed E-state index contributed by atoms with van der Waals surface area (Å²) in [6.45, 7) is 4.75. The van der Waals surface area contributed by atoms with Crippen molar-refractivity contribution in [2.75, 3.05) is 40.3 Å². The zero-order chi connectivity index (χ0) is 54.1. The van der Waals surface area contributed by atoms with Crippen LogP contribution in [0.25, 0.3) is 0 Å². The molecule has 0 aromatic heterocycles. The Balaban J connectivity index is 0.00000560. The molecule has 20 heteroatoms. The normalized spacial score (nSPS) is 22.9. The molecule has 4 saturated carbocycles. The number of likely N-dealkylation sites (N-methyl/N-ethyl adjacent to an activating group) is 2. The maximum atomic E-state index is 14.4.